The lowest BCUT2D eigenvalue weighted by atomic mass is 10.2. The van der Waals surface area contributed by atoms with Crippen LogP contribution in [0.15, 0.2) is 61.1 Å². The summed E-state index contributed by atoms with van der Waals surface area (Å²) in [5, 5.41) is 14.6. The number of aromatic nitrogens is 4. The first-order valence-electron chi connectivity index (χ1n) is 13.3. The van der Waals surface area contributed by atoms with Crippen LogP contribution in [0, 0.1) is 0 Å². The summed E-state index contributed by atoms with van der Waals surface area (Å²) in [5.41, 5.74) is 2.40. The fourth-order valence-electron chi connectivity index (χ4n) is 3.71. The highest BCUT2D eigenvalue weighted by atomic mass is 16.6. The molecule has 0 aliphatic rings. The van der Waals surface area contributed by atoms with E-state index >= 15 is 0 Å². The number of imidazole rings is 1. The molecule has 2 aromatic heterocycles. The van der Waals surface area contributed by atoms with Crippen molar-refractivity contribution in [3.8, 4) is 17.2 Å². The number of hydrogen-bond acceptors (Lipinski definition) is 9. The second-order valence-corrected chi connectivity index (χ2v) is 10.1. The predicted octanol–water partition coefficient (Wildman–Crippen LogP) is 5.10. The van der Waals surface area contributed by atoms with Crippen molar-refractivity contribution >= 4 is 34.9 Å². The van der Waals surface area contributed by atoms with Gasteiger partial charge >= 0.3 is 12.1 Å². The van der Waals surface area contributed by atoms with E-state index in [4.69, 9.17) is 19.3 Å². The summed E-state index contributed by atoms with van der Waals surface area (Å²) in [6.45, 7) is 6.70. The Morgan fingerprint density at radius 1 is 0.927 bits per heavy atom. The van der Waals surface area contributed by atoms with Crippen LogP contribution in [0.5, 0.6) is 11.5 Å². The number of fused-ring (bicyclic) bond motifs is 1. The van der Waals surface area contributed by atoms with Gasteiger partial charge in [-0.1, -0.05) is 0 Å². The lowest BCUT2D eigenvalue weighted by Gasteiger charge is -2.19. The van der Waals surface area contributed by atoms with Crippen LogP contribution in [-0.4, -0.2) is 62.0 Å². The largest absolute Gasteiger partial charge is 0.494 e. The van der Waals surface area contributed by atoms with Gasteiger partial charge in [-0.25, -0.2) is 14.8 Å². The number of aliphatic carboxylic acids is 1. The summed E-state index contributed by atoms with van der Waals surface area (Å²) in [5.74, 6) is 0.942. The number of hydrogen-bond donors (Lipinski definition) is 3. The number of amides is 1. The van der Waals surface area contributed by atoms with E-state index in [0.717, 1.165) is 11.4 Å². The van der Waals surface area contributed by atoms with Crippen LogP contribution in [-0.2, 0) is 9.53 Å². The Bertz CT molecular complexity index is 1450. The Balaban J connectivity index is 1.29. The average molecular weight is 563 g/mol. The highest BCUT2D eigenvalue weighted by molar-refractivity contribution is 5.74. The molecule has 41 heavy (non-hydrogen) atoms. The summed E-state index contributed by atoms with van der Waals surface area (Å²) in [7, 11) is 0. The van der Waals surface area contributed by atoms with Crippen molar-refractivity contribution in [2.45, 2.75) is 45.6 Å². The van der Waals surface area contributed by atoms with Gasteiger partial charge in [0.1, 0.15) is 28.9 Å². The molecule has 2 aromatic carbocycles. The van der Waals surface area contributed by atoms with Crippen LogP contribution < -0.4 is 20.1 Å². The molecule has 0 aliphatic heterocycles. The Kier molecular flexibility index (Phi) is 9.56. The van der Waals surface area contributed by atoms with Gasteiger partial charge in [-0.3, -0.25) is 9.36 Å². The second-order valence-electron chi connectivity index (χ2n) is 10.1. The molecule has 3 N–H and O–H groups in total. The molecule has 0 atom stereocenters. The van der Waals surface area contributed by atoms with Crippen LogP contribution in [0.4, 0.5) is 16.4 Å². The molecule has 0 saturated carbocycles. The first kappa shape index (κ1) is 29.1. The minimum Gasteiger partial charge on any atom is -0.494 e. The van der Waals surface area contributed by atoms with E-state index < -0.39 is 17.7 Å². The number of rotatable bonds is 13. The minimum atomic E-state index is -0.837. The number of alkyl carbamates (subject to hydrolysis) is 1. The van der Waals surface area contributed by atoms with E-state index in [-0.39, 0.29) is 6.42 Å². The number of ether oxygens (including phenoxy) is 3. The van der Waals surface area contributed by atoms with E-state index in [0.29, 0.717) is 61.2 Å². The van der Waals surface area contributed by atoms with Crippen LogP contribution in [0.1, 0.15) is 40.0 Å². The first-order chi connectivity index (χ1) is 19.7. The Morgan fingerprint density at radius 3 is 2.24 bits per heavy atom. The van der Waals surface area contributed by atoms with Gasteiger partial charge in [0.25, 0.3) is 0 Å². The van der Waals surface area contributed by atoms with Crippen molar-refractivity contribution in [1.29, 1.82) is 0 Å². The number of carbonyl (C=O) groups excluding carboxylic acids is 1. The minimum absolute atomic E-state index is 0.0732. The molecule has 12 heteroatoms. The number of benzene rings is 2. The Morgan fingerprint density at radius 2 is 1.59 bits per heavy atom. The fraction of sp³-hybridized carbons (Fsp3) is 0.345. The predicted molar refractivity (Wildman–Crippen MR) is 153 cm³/mol. The molecule has 2 heterocycles. The highest BCUT2D eigenvalue weighted by Crippen LogP contribution is 2.22. The van der Waals surface area contributed by atoms with Gasteiger partial charge in [0.2, 0.25) is 5.95 Å². The molecule has 12 nitrogen and oxygen atoms in total. The van der Waals surface area contributed by atoms with Gasteiger partial charge < -0.3 is 30.0 Å². The first-order valence-corrected chi connectivity index (χ1v) is 13.3. The number of carboxylic acids is 1. The number of nitrogens with zero attached hydrogens (tertiary/aromatic N) is 4. The van der Waals surface area contributed by atoms with E-state index in [1.807, 2.05) is 73.9 Å². The molecule has 0 unspecified atom stereocenters. The van der Waals surface area contributed by atoms with E-state index in [2.05, 4.69) is 25.6 Å². The maximum Gasteiger partial charge on any atom is 0.407 e. The van der Waals surface area contributed by atoms with Gasteiger partial charge in [0, 0.05) is 24.3 Å². The molecule has 0 spiro atoms. The Labute approximate surface area is 237 Å². The SMILES string of the molecule is CC(C)(C)OC(=O)NCCCOc1ccc(Nc2ncc3ncn(-c4ccc(OCCCC(=O)O)cc4)c3n2)cc1. The molecule has 216 valence electrons. The smallest absolute Gasteiger partial charge is 0.407 e. The number of nitrogens with one attached hydrogen (secondary N) is 2. The van der Waals surface area contributed by atoms with Crippen molar-refractivity contribution < 1.29 is 28.9 Å². The van der Waals surface area contributed by atoms with Crippen molar-refractivity contribution in [1.82, 2.24) is 24.8 Å². The van der Waals surface area contributed by atoms with Gasteiger partial charge in [0.15, 0.2) is 5.65 Å². The van der Waals surface area contributed by atoms with Gasteiger partial charge in [-0.2, -0.15) is 4.98 Å². The summed E-state index contributed by atoms with van der Waals surface area (Å²) in [6, 6.07) is 14.8. The summed E-state index contributed by atoms with van der Waals surface area (Å²) in [4.78, 5) is 35.7. The summed E-state index contributed by atoms with van der Waals surface area (Å²) in [6.07, 6.45) is 4.06. The van der Waals surface area contributed by atoms with E-state index in [1.165, 1.54) is 0 Å². The Hall–Kier alpha value is -4.87. The summed E-state index contributed by atoms with van der Waals surface area (Å²) >= 11 is 0. The molecule has 0 radical (unpaired) electrons. The van der Waals surface area contributed by atoms with Crippen molar-refractivity contribution in [3.63, 3.8) is 0 Å². The van der Waals surface area contributed by atoms with Gasteiger partial charge in [0.05, 0.1) is 19.4 Å². The monoisotopic (exact) mass is 562 g/mol. The third kappa shape index (κ3) is 9.09. The average Bonchev–Trinajstić information content (AvgIpc) is 3.34. The molecule has 0 bridgehead atoms. The summed E-state index contributed by atoms with van der Waals surface area (Å²) < 4.78 is 18.4. The molecular weight excluding hydrogens is 528 g/mol. The van der Waals surface area contributed by atoms with Gasteiger partial charge in [-0.15, -0.1) is 0 Å². The quantitative estimate of drug-likeness (QED) is 0.188. The third-order valence-corrected chi connectivity index (χ3v) is 5.58. The molecule has 4 aromatic rings. The zero-order chi connectivity index (χ0) is 29.2. The van der Waals surface area contributed by atoms with Crippen molar-refractivity contribution in [2.75, 3.05) is 25.1 Å². The van der Waals surface area contributed by atoms with Crippen LogP contribution >= 0.6 is 0 Å². The number of carboxylic acid groups (broad SMARTS) is 1. The van der Waals surface area contributed by atoms with E-state index in [1.54, 1.807) is 12.5 Å². The standard InChI is InChI=1S/C29H34N6O6/c1-29(2,3)41-28(38)30-15-5-17-40-22-11-7-20(8-12-22)33-27-31-18-24-26(34-27)35(19-32-24)21-9-13-23(14-10-21)39-16-4-6-25(36)37/h7-14,18-19H,4-6,15-17H2,1-3H3,(H,30,38)(H,36,37)(H,31,33,34). The normalized spacial score (nSPS) is 11.2. The zero-order valence-electron chi connectivity index (χ0n) is 23.3. The molecule has 0 fully saturated rings. The molecule has 0 saturated heterocycles. The fourth-order valence-corrected chi connectivity index (χ4v) is 3.71. The van der Waals surface area contributed by atoms with Crippen molar-refractivity contribution in [3.05, 3.63) is 61.1 Å². The third-order valence-electron chi connectivity index (χ3n) is 5.58. The second kappa shape index (κ2) is 13.5. The van der Waals surface area contributed by atoms with Gasteiger partial charge in [-0.05, 0) is 82.1 Å². The van der Waals surface area contributed by atoms with E-state index in [9.17, 15) is 9.59 Å². The zero-order valence-corrected chi connectivity index (χ0v) is 23.3. The maximum absolute atomic E-state index is 11.7. The maximum atomic E-state index is 11.7. The van der Waals surface area contributed by atoms with Crippen LogP contribution in [0.2, 0.25) is 0 Å². The molecule has 0 aliphatic carbocycles. The molecule has 1 amide bonds. The number of carbonyl (C=O) groups is 2. The highest BCUT2D eigenvalue weighted by Gasteiger charge is 2.15. The van der Waals surface area contributed by atoms with Crippen LogP contribution in [0.3, 0.4) is 0 Å². The molecule has 4 rings (SSSR count). The lowest BCUT2D eigenvalue weighted by molar-refractivity contribution is -0.137. The topological polar surface area (TPSA) is 150 Å². The molecular formula is C29H34N6O6. The van der Waals surface area contributed by atoms with Crippen LogP contribution in [0.25, 0.3) is 16.9 Å². The van der Waals surface area contributed by atoms with Crippen molar-refractivity contribution in [2.24, 2.45) is 0 Å². The lowest BCUT2D eigenvalue weighted by Crippen LogP contribution is -2.33. The number of anilines is 2.